The Morgan fingerprint density at radius 1 is 1.30 bits per heavy atom. The summed E-state index contributed by atoms with van der Waals surface area (Å²) in [5, 5.41) is 2.74. The van der Waals surface area contributed by atoms with Crippen LogP contribution in [0.15, 0.2) is 18.2 Å². The van der Waals surface area contributed by atoms with Crippen molar-refractivity contribution < 1.29 is 19.1 Å². The molecule has 1 aliphatic rings. The lowest BCUT2D eigenvalue weighted by Gasteiger charge is -2.20. The van der Waals surface area contributed by atoms with Crippen LogP contribution in [0.3, 0.4) is 0 Å². The second-order valence-electron chi connectivity index (χ2n) is 4.50. The minimum Gasteiger partial charge on any atom is -0.497 e. The van der Waals surface area contributed by atoms with Crippen LogP contribution in [0.25, 0.3) is 0 Å². The van der Waals surface area contributed by atoms with E-state index >= 15 is 0 Å². The molecule has 108 valence electrons. The standard InChI is InChI=1S/C14H18N2O4/c1-19-10-4-5-12(20-2)11(8-10)14(18)16-7-3-6-15-13(17)9-16/h4-5,8H,3,6-7,9H2,1-2H3,(H,15,17). The average molecular weight is 278 g/mol. The van der Waals surface area contributed by atoms with Crippen LogP contribution in [-0.2, 0) is 4.79 Å². The van der Waals surface area contributed by atoms with Gasteiger partial charge in [0.15, 0.2) is 0 Å². The van der Waals surface area contributed by atoms with E-state index in [0.717, 1.165) is 6.42 Å². The fourth-order valence-corrected chi connectivity index (χ4v) is 2.13. The third-order valence-electron chi connectivity index (χ3n) is 3.19. The van der Waals surface area contributed by atoms with Crippen molar-refractivity contribution in [1.29, 1.82) is 0 Å². The van der Waals surface area contributed by atoms with E-state index in [9.17, 15) is 9.59 Å². The molecule has 1 aromatic carbocycles. The molecule has 1 saturated heterocycles. The highest BCUT2D eigenvalue weighted by molar-refractivity contribution is 5.99. The number of rotatable bonds is 3. The molecule has 0 atom stereocenters. The van der Waals surface area contributed by atoms with Gasteiger partial charge in [-0.3, -0.25) is 9.59 Å². The topological polar surface area (TPSA) is 67.9 Å². The van der Waals surface area contributed by atoms with E-state index in [0.29, 0.717) is 30.2 Å². The number of hydrogen-bond acceptors (Lipinski definition) is 4. The van der Waals surface area contributed by atoms with Gasteiger partial charge in [0.05, 0.1) is 26.3 Å². The van der Waals surface area contributed by atoms with Crippen LogP contribution in [0.5, 0.6) is 11.5 Å². The van der Waals surface area contributed by atoms with Gasteiger partial charge in [0.25, 0.3) is 5.91 Å². The Labute approximate surface area is 117 Å². The van der Waals surface area contributed by atoms with E-state index in [1.165, 1.54) is 19.1 Å². The molecular weight excluding hydrogens is 260 g/mol. The van der Waals surface area contributed by atoms with E-state index in [1.54, 1.807) is 18.2 Å². The Morgan fingerprint density at radius 3 is 2.80 bits per heavy atom. The van der Waals surface area contributed by atoms with E-state index in [1.807, 2.05) is 0 Å². The molecule has 2 amide bonds. The summed E-state index contributed by atoms with van der Waals surface area (Å²) in [6, 6.07) is 5.04. The summed E-state index contributed by atoms with van der Waals surface area (Å²) in [5.41, 5.74) is 0.404. The third kappa shape index (κ3) is 3.01. The van der Waals surface area contributed by atoms with E-state index in [2.05, 4.69) is 5.32 Å². The number of carbonyl (C=O) groups excluding carboxylic acids is 2. The molecule has 1 fully saturated rings. The lowest BCUT2D eigenvalue weighted by Crippen LogP contribution is -2.37. The number of carbonyl (C=O) groups is 2. The Morgan fingerprint density at radius 2 is 2.10 bits per heavy atom. The number of ether oxygens (including phenoxy) is 2. The van der Waals surface area contributed by atoms with Gasteiger partial charge in [-0.1, -0.05) is 0 Å². The fraction of sp³-hybridized carbons (Fsp3) is 0.429. The van der Waals surface area contributed by atoms with E-state index in [4.69, 9.17) is 9.47 Å². The van der Waals surface area contributed by atoms with Crippen molar-refractivity contribution in [3.05, 3.63) is 23.8 Å². The van der Waals surface area contributed by atoms with Crippen molar-refractivity contribution in [2.45, 2.75) is 6.42 Å². The molecule has 6 nitrogen and oxygen atoms in total. The SMILES string of the molecule is COc1ccc(OC)c(C(=O)N2CCCNC(=O)C2)c1. The van der Waals surface area contributed by atoms with Gasteiger partial charge in [-0.15, -0.1) is 0 Å². The zero-order valence-electron chi connectivity index (χ0n) is 11.6. The molecule has 0 aliphatic carbocycles. The molecule has 1 aromatic rings. The van der Waals surface area contributed by atoms with Crippen molar-refractivity contribution in [2.75, 3.05) is 33.9 Å². The second-order valence-corrected chi connectivity index (χ2v) is 4.50. The summed E-state index contributed by atoms with van der Waals surface area (Å²) >= 11 is 0. The minimum atomic E-state index is -0.224. The molecule has 0 aromatic heterocycles. The number of nitrogens with one attached hydrogen (secondary N) is 1. The molecule has 0 spiro atoms. The van der Waals surface area contributed by atoms with Gasteiger partial charge in [0.1, 0.15) is 11.5 Å². The van der Waals surface area contributed by atoms with Crippen LogP contribution >= 0.6 is 0 Å². The second kappa shape index (κ2) is 6.27. The summed E-state index contributed by atoms with van der Waals surface area (Å²) in [7, 11) is 3.04. The molecule has 0 radical (unpaired) electrons. The van der Waals surface area contributed by atoms with Gasteiger partial charge in [0, 0.05) is 13.1 Å². The van der Waals surface area contributed by atoms with Gasteiger partial charge in [-0.25, -0.2) is 0 Å². The molecule has 0 saturated carbocycles. The maximum absolute atomic E-state index is 12.6. The number of amides is 2. The quantitative estimate of drug-likeness (QED) is 0.882. The van der Waals surface area contributed by atoms with Gasteiger partial charge in [-0.05, 0) is 24.6 Å². The van der Waals surface area contributed by atoms with Crippen LogP contribution < -0.4 is 14.8 Å². The molecule has 2 rings (SSSR count). The molecule has 20 heavy (non-hydrogen) atoms. The highest BCUT2D eigenvalue weighted by Gasteiger charge is 2.23. The number of benzene rings is 1. The molecule has 0 bridgehead atoms. The highest BCUT2D eigenvalue weighted by Crippen LogP contribution is 2.25. The predicted octanol–water partition coefficient (Wildman–Crippen LogP) is 0.666. The van der Waals surface area contributed by atoms with Crippen molar-refractivity contribution in [2.24, 2.45) is 0 Å². The first-order valence-corrected chi connectivity index (χ1v) is 6.43. The van der Waals surface area contributed by atoms with Gasteiger partial charge < -0.3 is 19.7 Å². The van der Waals surface area contributed by atoms with Gasteiger partial charge >= 0.3 is 0 Å². The molecule has 6 heteroatoms. The van der Waals surface area contributed by atoms with Crippen LogP contribution in [0.1, 0.15) is 16.8 Å². The molecule has 1 N–H and O–H groups in total. The Hall–Kier alpha value is -2.24. The number of methoxy groups -OCH3 is 2. The average Bonchev–Trinajstić information content (AvgIpc) is 2.70. The largest absolute Gasteiger partial charge is 0.497 e. The Kier molecular flexibility index (Phi) is 4.45. The van der Waals surface area contributed by atoms with Crippen LogP contribution in [-0.4, -0.2) is 50.6 Å². The van der Waals surface area contributed by atoms with Crippen LogP contribution in [0.4, 0.5) is 0 Å². The zero-order chi connectivity index (χ0) is 14.5. The Balaban J connectivity index is 2.28. The molecular formula is C14H18N2O4. The Bertz CT molecular complexity index is 516. The van der Waals surface area contributed by atoms with Crippen LogP contribution in [0, 0.1) is 0 Å². The maximum atomic E-state index is 12.6. The van der Waals surface area contributed by atoms with Crippen molar-refractivity contribution in [3.63, 3.8) is 0 Å². The summed E-state index contributed by atoms with van der Waals surface area (Å²) in [5.74, 6) is 0.685. The summed E-state index contributed by atoms with van der Waals surface area (Å²) < 4.78 is 10.3. The molecule has 0 unspecified atom stereocenters. The summed E-state index contributed by atoms with van der Waals surface area (Å²) in [6.07, 6.45) is 0.740. The highest BCUT2D eigenvalue weighted by atomic mass is 16.5. The minimum absolute atomic E-state index is 0.0686. The zero-order valence-corrected chi connectivity index (χ0v) is 11.6. The third-order valence-corrected chi connectivity index (χ3v) is 3.19. The lowest BCUT2D eigenvalue weighted by atomic mass is 10.1. The van der Waals surface area contributed by atoms with E-state index < -0.39 is 0 Å². The first-order valence-electron chi connectivity index (χ1n) is 6.43. The fourth-order valence-electron chi connectivity index (χ4n) is 2.13. The smallest absolute Gasteiger partial charge is 0.258 e. The van der Waals surface area contributed by atoms with Crippen LogP contribution in [0.2, 0.25) is 0 Å². The summed E-state index contributed by atoms with van der Waals surface area (Å²) in [4.78, 5) is 25.6. The molecule has 1 aliphatic heterocycles. The predicted molar refractivity (Wildman–Crippen MR) is 73.1 cm³/mol. The normalized spacial score (nSPS) is 15.3. The monoisotopic (exact) mass is 278 g/mol. The number of nitrogens with zero attached hydrogens (tertiary/aromatic N) is 1. The first kappa shape index (κ1) is 14.2. The first-order chi connectivity index (χ1) is 9.65. The van der Waals surface area contributed by atoms with Gasteiger partial charge in [0.2, 0.25) is 5.91 Å². The molecule has 1 heterocycles. The van der Waals surface area contributed by atoms with Gasteiger partial charge in [-0.2, -0.15) is 0 Å². The van der Waals surface area contributed by atoms with Crippen molar-refractivity contribution >= 4 is 11.8 Å². The number of hydrogen-bond donors (Lipinski definition) is 1. The van der Waals surface area contributed by atoms with E-state index in [-0.39, 0.29) is 18.4 Å². The lowest BCUT2D eigenvalue weighted by molar-refractivity contribution is -0.121. The maximum Gasteiger partial charge on any atom is 0.258 e. The van der Waals surface area contributed by atoms with Crippen molar-refractivity contribution in [3.8, 4) is 11.5 Å². The summed E-state index contributed by atoms with van der Waals surface area (Å²) in [6.45, 7) is 1.20. The van der Waals surface area contributed by atoms with Crippen molar-refractivity contribution in [1.82, 2.24) is 10.2 Å².